The molecule has 0 aliphatic carbocycles. The minimum atomic E-state index is -1.48. The first-order valence-electron chi connectivity index (χ1n) is 10.2. The van der Waals surface area contributed by atoms with Crippen LogP contribution in [-0.2, 0) is 25.7 Å². The monoisotopic (exact) mass is 514 g/mol. The summed E-state index contributed by atoms with van der Waals surface area (Å²) >= 11 is 1.92. The van der Waals surface area contributed by atoms with E-state index in [-0.39, 0.29) is 12.8 Å². The number of amides is 3. The van der Waals surface area contributed by atoms with Gasteiger partial charge >= 0.3 is 6.09 Å². The Morgan fingerprint density at radius 1 is 1.19 bits per heavy atom. The van der Waals surface area contributed by atoms with Crippen molar-refractivity contribution >= 4 is 50.9 Å². The number of hydrogen-bond donors (Lipinski definition) is 0. The normalized spacial score (nSPS) is 19.8. The third-order valence-corrected chi connectivity index (χ3v) is 7.25. The molecule has 1 aromatic rings. The Morgan fingerprint density at radius 2 is 1.74 bits per heavy atom. The number of halogens is 1. The van der Waals surface area contributed by atoms with Gasteiger partial charge in [-0.2, -0.15) is 9.21 Å². The van der Waals surface area contributed by atoms with Gasteiger partial charge in [0.2, 0.25) is 11.8 Å². The van der Waals surface area contributed by atoms with Gasteiger partial charge in [-0.3, -0.25) is 9.59 Å². The third-order valence-electron chi connectivity index (χ3n) is 4.77. The Kier molecular flexibility index (Phi) is 7.87. The molecular weight excluding hydrogens is 484 g/mol. The van der Waals surface area contributed by atoms with Crippen LogP contribution in [0.25, 0.3) is 0 Å². The molecule has 1 saturated heterocycles. The lowest BCUT2D eigenvalue weighted by Crippen LogP contribution is -2.57. The van der Waals surface area contributed by atoms with E-state index in [9.17, 15) is 18.9 Å². The van der Waals surface area contributed by atoms with Crippen LogP contribution in [0.2, 0.25) is 0 Å². The van der Waals surface area contributed by atoms with E-state index >= 15 is 0 Å². The molecule has 0 radical (unpaired) electrons. The van der Waals surface area contributed by atoms with Crippen LogP contribution in [-0.4, -0.2) is 43.8 Å². The molecule has 3 unspecified atom stereocenters. The molecule has 0 aromatic heterocycles. The standard InChI is InChI=1S/C22H31BrN2O5S/c1-14(25(31(29)22(5,6)7)16-10-8-15(23)9-11-16)17-12-13-18(26)24(19(17)27)20(28)30-21(2,3)4/h8-11,14,17H,12-13H2,1-7H3. The van der Waals surface area contributed by atoms with Gasteiger partial charge in [0.05, 0.1) is 29.0 Å². The first-order chi connectivity index (χ1) is 14.1. The first-order valence-corrected chi connectivity index (χ1v) is 12.1. The van der Waals surface area contributed by atoms with E-state index in [0.29, 0.717) is 10.6 Å². The van der Waals surface area contributed by atoms with Crippen molar-refractivity contribution in [3.8, 4) is 0 Å². The van der Waals surface area contributed by atoms with E-state index in [4.69, 9.17) is 4.74 Å². The van der Waals surface area contributed by atoms with E-state index in [1.807, 2.05) is 45.0 Å². The number of benzene rings is 1. The maximum atomic E-state index is 13.5. The maximum Gasteiger partial charge on any atom is 0.424 e. The van der Waals surface area contributed by atoms with Crippen molar-refractivity contribution in [2.75, 3.05) is 4.31 Å². The number of nitrogens with zero attached hydrogens (tertiary/aromatic N) is 2. The van der Waals surface area contributed by atoms with Crippen molar-refractivity contribution in [1.82, 2.24) is 4.90 Å². The highest BCUT2D eigenvalue weighted by Gasteiger charge is 2.47. The molecular formula is C22H31BrN2O5S. The predicted molar refractivity (Wildman–Crippen MR) is 125 cm³/mol. The molecule has 172 valence electrons. The smallest absolute Gasteiger partial charge is 0.424 e. The molecule has 0 N–H and O–H groups in total. The van der Waals surface area contributed by atoms with Gasteiger partial charge in [-0.15, -0.1) is 0 Å². The molecule has 1 aliphatic heterocycles. The van der Waals surface area contributed by atoms with Gasteiger partial charge in [-0.25, -0.2) is 4.79 Å². The van der Waals surface area contributed by atoms with Crippen molar-refractivity contribution in [1.29, 1.82) is 0 Å². The van der Waals surface area contributed by atoms with Crippen molar-refractivity contribution in [3.63, 3.8) is 0 Å². The highest BCUT2D eigenvalue weighted by Crippen LogP contribution is 2.35. The van der Waals surface area contributed by atoms with Crippen molar-refractivity contribution in [3.05, 3.63) is 28.7 Å². The van der Waals surface area contributed by atoms with Crippen molar-refractivity contribution in [2.45, 2.75) is 77.7 Å². The van der Waals surface area contributed by atoms with E-state index in [2.05, 4.69) is 15.9 Å². The van der Waals surface area contributed by atoms with Crippen LogP contribution in [0.1, 0.15) is 61.3 Å². The molecule has 9 heteroatoms. The maximum absolute atomic E-state index is 13.5. The number of carbonyl (C=O) groups is 3. The van der Waals surface area contributed by atoms with Gasteiger partial charge in [-0.1, -0.05) is 15.9 Å². The Labute approximate surface area is 195 Å². The molecule has 1 aromatic carbocycles. The van der Waals surface area contributed by atoms with Crippen LogP contribution < -0.4 is 4.31 Å². The van der Waals surface area contributed by atoms with E-state index in [0.717, 1.165) is 4.47 Å². The summed E-state index contributed by atoms with van der Waals surface area (Å²) in [7, 11) is 0. The lowest BCUT2D eigenvalue weighted by molar-refractivity contribution is -0.150. The number of anilines is 1. The number of ether oxygens (including phenoxy) is 1. The molecule has 3 atom stereocenters. The minimum absolute atomic E-state index is 0.0380. The summed E-state index contributed by atoms with van der Waals surface area (Å²) < 4.78 is 20.7. The fourth-order valence-electron chi connectivity index (χ4n) is 3.28. The summed E-state index contributed by atoms with van der Waals surface area (Å²) in [4.78, 5) is 38.8. The topological polar surface area (TPSA) is 90.0 Å². The molecule has 3 amide bonds. The van der Waals surface area contributed by atoms with E-state index in [1.54, 1.807) is 32.0 Å². The Bertz CT molecular complexity index is 832. The molecule has 1 heterocycles. The third kappa shape index (κ3) is 6.23. The summed E-state index contributed by atoms with van der Waals surface area (Å²) in [6.07, 6.45) is -0.658. The molecule has 31 heavy (non-hydrogen) atoms. The average molecular weight is 515 g/mol. The fraction of sp³-hybridized carbons (Fsp3) is 0.591. The highest BCUT2D eigenvalue weighted by atomic mass is 79.9. The van der Waals surface area contributed by atoms with Crippen LogP contribution in [0.15, 0.2) is 28.7 Å². The Morgan fingerprint density at radius 3 is 2.23 bits per heavy atom. The lowest BCUT2D eigenvalue weighted by Gasteiger charge is -2.41. The molecule has 1 fully saturated rings. The van der Waals surface area contributed by atoms with Gasteiger partial charge in [0.25, 0.3) is 0 Å². The fourth-order valence-corrected chi connectivity index (χ4v) is 4.89. The summed E-state index contributed by atoms with van der Waals surface area (Å²) in [5.74, 6) is -1.89. The SMILES string of the molecule is CC(C1CCC(=O)N(C(=O)OC(C)(C)C)C1=O)N(c1ccc(Br)cc1)[S+]([O-])C(C)(C)C. The van der Waals surface area contributed by atoms with Gasteiger partial charge in [0.15, 0.2) is 0 Å². The lowest BCUT2D eigenvalue weighted by atomic mass is 9.90. The van der Waals surface area contributed by atoms with Crippen LogP contribution >= 0.6 is 15.9 Å². The van der Waals surface area contributed by atoms with Gasteiger partial charge < -0.3 is 9.29 Å². The van der Waals surface area contributed by atoms with E-state index in [1.165, 1.54) is 0 Å². The number of rotatable bonds is 4. The highest BCUT2D eigenvalue weighted by molar-refractivity contribution is 9.10. The molecule has 2 rings (SSSR count). The first kappa shape index (κ1) is 25.7. The number of carbonyl (C=O) groups excluding carboxylic acids is 3. The van der Waals surface area contributed by atoms with Crippen LogP contribution in [0.5, 0.6) is 0 Å². The number of imide groups is 3. The molecule has 0 bridgehead atoms. The second-order valence-electron chi connectivity index (χ2n) is 9.60. The summed E-state index contributed by atoms with van der Waals surface area (Å²) in [5, 5.41) is 0. The number of likely N-dealkylation sites (tertiary alicyclic amines) is 1. The molecule has 0 saturated carbocycles. The van der Waals surface area contributed by atoms with Crippen LogP contribution in [0.3, 0.4) is 0 Å². The molecule has 7 nitrogen and oxygen atoms in total. The molecule has 0 spiro atoms. The zero-order valence-corrected chi connectivity index (χ0v) is 21.5. The van der Waals surface area contributed by atoms with Crippen molar-refractivity contribution in [2.24, 2.45) is 5.92 Å². The van der Waals surface area contributed by atoms with Gasteiger partial charge in [-0.05, 0) is 79.2 Å². The minimum Gasteiger partial charge on any atom is -0.593 e. The van der Waals surface area contributed by atoms with Crippen molar-refractivity contribution < 1.29 is 23.7 Å². The average Bonchev–Trinajstić information content (AvgIpc) is 2.61. The molecule has 1 aliphatic rings. The van der Waals surface area contributed by atoms with Crippen LogP contribution in [0, 0.1) is 5.92 Å². The predicted octanol–water partition coefficient (Wildman–Crippen LogP) is 4.81. The second kappa shape index (κ2) is 9.50. The number of hydrogen-bond acceptors (Lipinski definition) is 6. The zero-order valence-electron chi connectivity index (χ0n) is 19.1. The summed E-state index contributed by atoms with van der Waals surface area (Å²) in [5.41, 5.74) is -0.148. The van der Waals surface area contributed by atoms with Gasteiger partial charge in [0.1, 0.15) is 10.3 Å². The summed E-state index contributed by atoms with van der Waals surface area (Å²) in [6, 6.07) is 6.82. The quantitative estimate of drug-likeness (QED) is 0.423. The van der Waals surface area contributed by atoms with Crippen LogP contribution in [0.4, 0.5) is 10.5 Å². The Balaban J connectivity index is 2.40. The number of piperidine rings is 1. The second-order valence-corrected chi connectivity index (χ2v) is 12.6. The van der Waals surface area contributed by atoms with E-state index < -0.39 is 51.6 Å². The van der Waals surface area contributed by atoms with Gasteiger partial charge in [0, 0.05) is 10.9 Å². The Hall–Kier alpha value is -1.58. The largest absolute Gasteiger partial charge is 0.593 e. The summed E-state index contributed by atoms with van der Waals surface area (Å²) in [6.45, 7) is 12.4. The zero-order chi connectivity index (χ0) is 23.7.